The second-order valence-electron chi connectivity index (χ2n) is 2.89. The summed E-state index contributed by atoms with van der Waals surface area (Å²) in [4.78, 5) is 0. The van der Waals surface area contributed by atoms with Gasteiger partial charge in [0.25, 0.3) is 10.1 Å². The molecule has 0 amide bonds. The molecule has 1 N–H and O–H groups in total. The summed E-state index contributed by atoms with van der Waals surface area (Å²) in [6.45, 7) is 0. The lowest BCUT2D eigenvalue weighted by Crippen LogP contribution is -2.21. The van der Waals surface area contributed by atoms with E-state index >= 15 is 0 Å². The van der Waals surface area contributed by atoms with Crippen molar-refractivity contribution in [3.8, 4) is 5.75 Å². The minimum absolute atomic E-state index is 0.724. The summed E-state index contributed by atoms with van der Waals surface area (Å²) in [7, 11) is -9.74. The van der Waals surface area contributed by atoms with Gasteiger partial charge in [0.15, 0.2) is 11.6 Å². The van der Waals surface area contributed by atoms with E-state index in [-0.39, 0.29) is 0 Å². The first-order chi connectivity index (χ1) is 7.61. The maximum absolute atomic E-state index is 13.0. The van der Waals surface area contributed by atoms with Crippen molar-refractivity contribution in [2.45, 2.75) is 0 Å². The van der Waals surface area contributed by atoms with E-state index in [2.05, 4.69) is 4.18 Å². The van der Waals surface area contributed by atoms with E-state index in [1.54, 1.807) is 0 Å². The smallest absolute Gasteiger partial charge is 0.326 e. The molecule has 1 aromatic carbocycles. The maximum atomic E-state index is 13.0. The largest absolute Gasteiger partial charge is 0.375 e. The molecule has 0 bridgehead atoms. The van der Waals surface area contributed by atoms with Gasteiger partial charge in [0.1, 0.15) is 0 Å². The molecule has 0 aliphatic heterocycles. The molecule has 0 spiro atoms. The van der Waals surface area contributed by atoms with Gasteiger partial charge in [0, 0.05) is 0 Å². The highest BCUT2D eigenvalue weighted by Crippen LogP contribution is 2.22. The fraction of sp³-hybridized carbons (Fsp3) is 0.143. The van der Waals surface area contributed by atoms with Crippen LogP contribution in [0, 0.1) is 11.6 Å². The van der Waals surface area contributed by atoms with Crippen LogP contribution < -0.4 is 4.18 Å². The number of rotatable bonds is 4. The van der Waals surface area contributed by atoms with Gasteiger partial charge in [-0.2, -0.15) is 16.8 Å². The Kier molecular flexibility index (Phi) is 3.69. The Morgan fingerprint density at radius 1 is 1.12 bits per heavy atom. The van der Waals surface area contributed by atoms with Crippen LogP contribution in [0.25, 0.3) is 0 Å². The molecular formula is C7H6F2O6S2. The average Bonchev–Trinajstić information content (AvgIpc) is 2.07. The van der Waals surface area contributed by atoms with E-state index in [1.165, 1.54) is 0 Å². The average molecular weight is 288 g/mol. The van der Waals surface area contributed by atoms with E-state index in [0.717, 1.165) is 18.2 Å². The fourth-order valence-electron chi connectivity index (χ4n) is 0.896. The summed E-state index contributed by atoms with van der Waals surface area (Å²) in [5.74, 6) is -3.89. The molecule has 6 nitrogen and oxygen atoms in total. The first kappa shape index (κ1) is 13.8. The van der Waals surface area contributed by atoms with Crippen LogP contribution in [0.2, 0.25) is 0 Å². The number of benzene rings is 1. The van der Waals surface area contributed by atoms with Gasteiger partial charge in [0.05, 0.1) is 0 Å². The zero-order valence-corrected chi connectivity index (χ0v) is 9.63. The van der Waals surface area contributed by atoms with Crippen molar-refractivity contribution in [3.05, 3.63) is 29.8 Å². The van der Waals surface area contributed by atoms with Gasteiger partial charge in [-0.3, -0.25) is 4.55 Å². The minimum atomic E-state index is -4.89. The summed E-state index contributed by atoms with van der Waals surface area (Å²) in [5.41, 5.74) is 0. The molecule has 96 valence electrons. The van der Waals surface area contributed by atoms with Gasteiger partial charge in [-0.05, 0) is 12.1 Å². The minimum Gasteiger partial charge on any atom is -0.375 e. The lowest BCUT2D eigenvalue weighted by atomic mass is 10.3. The van der Waals surface area contributed by atoms with E-state index < -0.39 is 42.7 Å². The van der Waals surface area contributed by atoms with Crippen LogP contribution in [0.1, 0.15) is 0 Å². The van der Waals surface area contributed by atoms with Crippen molar-refractivity contribution in [1.82, 2.24) is 0 Å². The van der Waals surface area contributed by atoms with Crippen LogP contribution in [0.4, 0.5) is 8.78 Å². The Balaban J connectivity index is 3.07. The Morgan fingerprint density at radius 3 is 2.00 bits per heavy atom. The number of para-hydroxylation sites is 1. The summed E-state index contributed by atoms with van der Waals surface area (Å²) in [6.07, 6.45) is 0. The number of halogens is 2. The lowest BCUT2D eigenvalue weighted by molar-refractivity contribution is 0.433. The molecule has 0 aliphatic carbocycles. The monoisotopic (exact) mass is 288 g/mol. The Labute approximate surface area is 95.7 Å². The van der Waals surface area contributed by atoms with Crippen molar-refractivity contribution in [3.63, 3.8) is 0 Å². The second-order valence-corrected chi connectivity index (χ2v) is 6.28. The molecule has 1 aromatic rings. The van der Waals surface area contributed by atoms with E-state index in [4.69, 9.17) is 4.55 Å². The topological polar surface area (TPSA) is 97.7 Å². The van der Waals surface area contributed by atoms with Crippen molar-refractivity contribution in [2.24, 2.45) is 0 Å². The SMILES string of the molecule is O=S(=O)(O)CS(=O)(=O)Oc1c(F)cccc1F. The van der Waals surface area contributed by atoms with Crippen LogP contribution in [0.3, 0.4) is 0 Å². The highest BCUT2D eigenvalue weighted by Gasteiger charge is 2.25. The van der Waals surface area contributed by atoms with Crippen LogP contribution in [0.5, 0.6) is 5.75 Å². The first-order valence-electron chi connectivity index (χ1n) is 3.92. The Hall–Kier alpha value is -1.26. The fourth-order valence-corrected chi connectivity index (χ4v) is 2.96. The number of hydrogen-bond donors (Lipinski definition) is 1. The standard InChI is InChI=1S/C7H6F2O6S2/c8-5-2-1-3-6(9)7(5)15-17(13,14)4-16(10,11)12/h1-3H,4H2,(H,10,11,12). The molecule has 0 aromatic heterocycles. The van der Waals surface area contributed by atoms with E-state index in [9.17, 15) is 25.6 Å². The maximum Gasteiger partial charge on any atom is 0.326 e. The van der Waals surface area contributed by atoms with Gasteiger partial charge in [-0.1, -0.05) is 6.07 Å². The van der Waals surface area contributed by atoms with Crippen LogP contribution in [0.15, 0.2) is 18.2 Å². The highest BCUT2D eigenvalue weighted by atomic mass is 32.3. The molecule has 0 atom stereocenters. The molecule has 0 unspecified atom stereocenters. The van der Waals surface area contributed by atoms with Gasteiger partial charge in [-0.25, -0.2) is 8.78 Å². The summed E-state index contributed by atoms with van der Waals surface area (Å²) < 4.78 is 80.8. The molecule has 10 heteroatoms. The number of hydrogen-bond acceptors (Lipinski definition) is 5. The van der Waals surface area contributed by atoms with Gasteiger partial charge in [-0.15, -0.1) is 0 Å². The third kappa shape index (κ3) is 4.24. The zero-order valence-electron chi connectivity index (χ0n) is 8.00. The summed E-state index contributed by atoms with van der Waals surface area (Å²) in [5, 5.41) is -1.80. The van der Waals surface area contributed by atoms with Crippen molar-refractivity contribution in [1.29, 1.82) is 0 Å². The predicted octanol–water partition coefficient (Wildman–Crippen LogP) is 0.519. The van der Waals surface area contributed by atoms with E-state index in [0.29, 0.717) is 0 Å². The first-order valence-corrected chi connectivity index (χ1v) is 7.11. The third-order valence-electron chi connectivity index (χ3n) is 1.42. The third-order valence-corrected chi connectivity index (χ3v) is 4.19. The van der Waals surface area contributed by atoms with Crippen LogP contribution in [-0.2, 0) is 20.2 Å². The lowest BCUT2D eigenvalue weighted by Gasteiger charge is -2.06. The highest BCUT2D eigenvalue weighted by molar-refractivity contribution is 8.03. The summed E-state index contributed by atoms with van der Waals surface area (Å²) in [6, 6.07) is 2.41. The molecule has 0 heterocycles. The molecule has 0 aliphatic rings. The van der Waals surface area contributed by atoms with Crippen molar-refractivity contribution < 1.29 is 34.4 Å². The van der Waals surface area contributed by atoms with Gasteiger partial charge < -0.3 is 4.18 Å². The molecule has 0 fully saturated rings. The Morgan fingerprint density at radius 2 is 1.59 bits per heavy atom. The molecular weight excluding hydrogens is 282 g/mol. The second kappa shape index (κ2) is 4.55. The van der Waals surface area contributed by atoms with Crippen LogP contribution >= 0.6 is 0 Å². The van der Waals surface area contributed by atoms with Crippen molar-refractivity contribution >= 4 is 20.2 Å². The molecule has 0 saturated carbocycles. The molecule has 0 radical (unpaired) electrons. The van der Waals surface area contributed by atoms with E-state index in [1.807, 2.05) is 0 Å². The van der Waals surface area contributed by atoms with Crippen LogP contribution in [-0.4, -0.2) is 26.5 Å². The van der Waals surface area contributed by atoms with Gasteiger partial charge in [0.2, 0.25) is 10.8 Å². The predicted molar refractivity (Wildman–Crippen MR) is 52.3 cm³/mol. The quantitative estimate of drug-likeness (QED) is 0.640. The summed E-state index contributed by atoms with van der Waals surface area (Å²) >= 11 is 0. The molecule has 0 saturated heterocycles. The molecule has 17 heavy (non-hydrogen) atoms. The zero-order chi connectivity index (χ0) is 13.3. The molecule has 1 rings (SSSR count). The van der Waals surface area contributed by atoms with Gasteiger partial charge >= 0.3 is 10.1 Å². The normalized spacial score (nSPS) is 12.4. The Bertz CT molecular complexity index is 602. The van der Waals surface area contributed by atoms with Crippen molar-refractivity contribution in [2.75, 3.05) is 5.08 Å².